The van der Waals surface area contributed by atoms with Crippen LogP contribution in [0.4, 0.5) is 11.4 Å². The lowest BCUT2D eigenvalue weighted by Crippen LogP contribution is -2.38. The fraction of sp³-hybridized carbons (Fsp3) is 0.263. The van der Waals surface area contributed by atoms with Crippen molar-refractivity contribution >= 4 is 33.0 Å². The Balaban J connectivity index is 1.89. The number of hydrogen-bond donors (Lipinski definition) is 1. The van der Waals surface area contributed by atoms with E-state index in [1.807, 2.05) is 32.0 Å². The van der Waals surface area contributed by atoms with Crippen LogP contribution in [0.15, 0.2) is 47.4 Å². The third-order valence-electron chi connectivity index (χ3n) is 4.35. The molecule has 2 amide bonds. The van der Waals surface area contributed by atoms with Gasteiger partial charge >= 0.3 is 0 Å². The minimum atomic E-state index is -3.55. The number of nitrogens with one attached hydrogen (secondary N) is 1. The summed E-state index contributed by atoms with van der Waals surface area (Å²) >= 11 is 0. The number of sulfone groups is 1. The maximum absolute atomic E-state index is 12.5. The van der Waals surface area contributed by atoms with Crippen molar-refractivity contribution in [3.8, 4) is 0 Å². The van der Waals surface area contributed by atoms with Crippen molar-refractivity contribution in [2.45, 2.75) is 25.2 Å². The molecule has 0 radical (unpaired) electrons. The monoisotopic (exact) mass is 372 g/mol. The number of hydrogen-bond acceptors (Lipinski definition) is 4. The summed E-state index contributed by atoms with van der Waals surface area (Å²) < 4.78 is 24.7. The van der Waals surface area contributed by atoms with Gasteiger partial charge in [-0.05, 0) is 43.2 Å². The van der Waals surface area contributed by atoms with Crippen LogP contribution >= 0.6 is 0 Å². The second kappa shape index (κ2) is 6.92. The number of amides is 2. The highest BCUT2D eigenvalue weighted by molar-refractivity contribution is 7.91. The van der Waals surface area contributed by atoms with E-state index in [-0.39, 0.29) is 41.1 Å². The molecule has 0 atom stereocenters. The number of carbonyl (C=O) groups is 2. The van der Waals surface area contributed by atoms with Gasteiger partial charge in [0.2, 0.25) is 11.8 Å². The maximum Gasteiger partial charge on any atom is 0.244 e. The van der Waals surface area contributed by atoms with E-state index in [0.717, 1.165) is 11.1 Å². The number of anilines is 2. The molecule has 26 heavy (non-hydrogen) atoms. The Labute approximate surface area is 152 Å². The van der Waals surface area contributed by atoms with Gasteiger partial charge in [0.25, 0.3) is 0 Å². The Kier molecular flexibility index (Phi) is 4.82. The van der Waals surface area contributed by atoms with Crippen molar-refractivity contribution in [1.82, 2.24) is 0 Å². The summed E-state index contributed by atoms with van der Waals surface area (Å²) in [6, 6.07) is 12.0. The van der Waals surface area contributed by atoms with Crippen molar-refractivity contribution in [3.63, 3.8) is 0 Å². The molecule has 1 N–H and O–H groups in total. The lowest BCUT2D eigenvalue weighted by Gasteiger charge is -2.22. The molecular weight excluding hydrogens is 352 g/mol. The SMILES string of the molecule is Cc1ccc(C)c(NC(=O)CN2C(=O)CCS(=O)(=O)c3ccccc32)c1. The number of fused-ring (bicyclic) bond motifs is 1. The highest BCUT2D eigenvalue weighted by Crippen LogP contribution is 2.30. The molecule has 0 spiro atoms. The smallest absolute Gasteiger partial charge is 0.244 e. The normalized spacial score (nSPS) is 15.9. The molecule has 2 aromatic carbocycles. The Morgan fingerprint density at radius 3 is 2.65 bits per heavy atom. The maximum atomic E-state index is 12.5. The van der Waals surface area contributed by atoms with Gasteiger partial charge in [-0.1, -0.05) is 24.3 Å². The first-order chi connectivity index (χ1) is 12.3. The van der Waals surface area contributed by atoms with Crippen molar-refractivity contribution < 1.29 is 18.0 Å². The van der Waals surface area contributed by atoms with E-state index in [2.05, 4.69) is 5.32 Å². The van der Waals surface area contributed by atoms with Crippen LogP contribution in [0.3, 0.4) is 0 Å². The van der Waals surface area contributed by atoms with Crippen molar-refractivity contribution in [2.24, 2.45) is 0 Å². The lowest BCUT2D eigenvalue weighted by molar-refractivity contribution is -0.121. The molecule has 0 bridgehead atoms. The first-order valence-electron chi connectivity index (χ1n) is 8.27. The zero-order valence-electron chi connectivity index (χ0n) is 14.7. The Hall–Kier alpha value is -2.67. The second-order valence-electron chi connectivity index (χ2n) is 6.38. The molecule has 1 aliphatic rings. The zero-order valence-corrected chi connectivity index (χ0v) is 15.5. The van der Waals surface area contributed by atoms with E-state index >= 15 is 0 Å². The minimum absolute atomic E-state index is 0.0883. The van der Waals surface area contributed by atoms with Crippen LogP contribution in [0.5, 0.6) is 0 Å². The van der Waals surface area contributed by atoms with E-state index in [1.54, 1.807) is 18.2 Å². The predicted octanol–water partition coefficient (Wildman–Crippen LogP) is 2.45. The molecule has 0 aliphatic carbocycles. The highest BCUT2D eigenvalue weighted by atomic mass is 32.2. The van der Waals surface area contributed by atoms with Gasteiger partial charge in [0.05, 0.1) is 16.3 Å². The van der Waals surface area contributed by atoms with Gasteiger partial charge in [0.1, 0.15) is 6.54 Å². The van der Waals surface area contributed by atoms with E-state index < -0.39 is 9.84 Å². The van der Waals surface area contributed by atoms with E-state index in [4.69, 9.17) is 0 Å². The van der Waals surface area contributed by atoms with Gasteiger partial charge in [-0.25, -0.2) is 8.42 Å². The number of nitrogens with zero attached hydrogens (tertiary/aromatic N) is 1. The van der Waals surface area contributed by atoms with Crippen LogP contribution in [0.1, 0.15) is 17.5 Å². The third-order valence-corrected chi connectivity index (χ3v) is 6.10. The van der Waals surface area contributed by atoms with Gasteiger partial charge in [-0.3, -0.25) is 9.59 Å². The third kappa shape index (κ3) is 3.62. The summed E-state index contributed by atoms with van der Waals surface area (Å²) in [4.78, 5) is 26.3. The van der Waals surface area contributed by atoms with E-state index in [0.29, 0.717) is 5.69 Å². The molecule has 136 valence electrons. The Bertz CT molecular complexity index is 983. The summed E-state index contributed by atoms with van der Waals surface area (Å²) in [6.45, 7) is 3.57. The van der Waals surface area contributed by atoms with Crippen LogP contribution in [0.2, 0.25) is 0 Å². The topological polar surface area (TPSA) is 83.6 Å². The van der Waals surface area contributed by atoms with Crippen LogP contribution in [0, 0.1) is 13.8 Å². The molecule has 0 saturated carbocycles. The molecule has 1 heterocycles. The molecule has 0 aromatic heterocycles. The summed E-state index contributed by atoms with van der Waals surface area (Å²) in [5.41, 5.74) is 2.85. The Morgan fingerprint density at radius 1 is 1.15 bits per heavy atom. The highest BCUT2D eigenvalue weighted by Gasteiger charge is 2.31. The van der Waals surface area contributed by atoms with Gasteiger partial charge in [0.15, 0.2) is 9.84 Å². The quantitative estimate of drug-likeness (QED) is 0.897. The number of carbonyl (C=O) groups excluding carboxylic acids is 2. The number of aryl methyl sites for hydroxylation is 2. The van der Waals surface area contributed by atoms with E-state index in [9.17, 15) is 18.0 Å². The first kappa shape index (κ1) is 18.1. The molecule has 0 saturated heterocycles. The molecular formula is C19H20N2O4S. The van der Waals surface area contributed by atoms with Crippen LogP contribution in [-0.4, -0.2) is 32.5 Å². The van der Waals surface area contributed by atoms with Crippen molar-refractivity contribution in [1.29, 1.82) is 0 Å². The summed E-state index contributed by atoms with van der Waals surface area (Å²) in [7, 11) is -3.55. The largest absolute Gasteiger partial charge is 0.324 e. The first-order valence-corrected chi connectivity index (χ1v) is 9.92. The van der Waals surface area contributed by atoms with Crippen molar-refractivity contribution in [2.75, 3.05) is 22.5 Å². The standard InChI is InChI=1S/C19H20N2O4S/c1-13-7-8-14(2)15(11-13)20-18(22)12-21-16-5-3-4-6-17(16)26(24,25)10-9-19(21)23/h3-8,11H,9-10,12H2,1-2H3,(H,20,22). The number of benzene rings is 2. The fourth-order valence-corrected chi connectivity index (χ4v) is 4.37. The number of rotatable bonds is 3. The predicted molar refractivity (Wildman–Crippen MR) is 100 cm³/mol. The average Bonchev–Trinajstić information content (AvgIpc) is 2.69. The Morgan fingerprint density at radius 2 is 1.88 bits per heavy atom. The minimum Gasteiger partial charge on any atom is -0.324 e. The van der Waals surface area contributed by atoms with Gasteiger partial charge in [-0.2, -0.15) is 0 Å². The molecule has 7 heteroatoms. The zero-order chi connectivity index (χ0) is 18.9. The summed E-state index contributed by atoms with van der Waals surface area (Å²) in [5.74, 6) is -1.01. The van der Waals surface area contributed by atoms with Crippen molar-refractivity contribution in [3.05, 3.63) is 53.6 Å². The van der Waals surface area contributed by atoms with E-state index in [1.165, 1.54) is 11.0 Å². The molecule has 2 aromatic rings. The van der Waals surface area contributed by atoms with Crippen LogP contribution in [-0.2, 0) is 19.4 Å². The summed E-state index contributed by atoms with van der Waals surface area (Å²) in [5, 5.41) is 2.81. The lowest BCUT2D eigenvalue weighted by atomic mass is 10.1. The molecule has 0 unspecified atom stereocenters. The molecule has 0 fully saturated rings. The van der Waals surface area contributed by atoms with Crippen LogP contribution < -0.4 is 10.2 Å². The van der Waals surface area contributed by atoms with Crippen LogP contribution in [0.25, 0.3) is 0 Å². The molecule has 6 nitrogen and oxygen atoms in total. The average molecular weight is 372 g/mol. The van der Waals surface area contributed by atoms with Gasteiger partial charge in [-0.15, -0.1) is 0 Å². The van der Waals surface area contributed by atoms with Gasteiger partial charge in [0, 0.05) is 12.1 Å². The second-order valence-corrected chi connectivity index (χ2v) is 8.46. The molecule has 1 aliphatic heterocycles. The van der Waals surface area contributed by atoms with Gasteiger partial charge < -0.3 is 10.2 Å². The number of para-hydroxylation sites is 1. The molecule has 3 rings (SSSR count). The summed E-state index contributed by atoms with van der Waals surface area (Å²) in [6.07, 6.45) is -0.145. The fourth-order valence-electron chi connectivity index (χ4n) is 2.92.